The van der Waals surface area contributed by atoms with Crippen molar-refractivity contribution in [3.63, 3.8) is 0 Å². The van der Waals surface area contributed by atoms with Gasteiger partial charge in [0.25, 0.3) is 0 Å². The average Bonchev–Trinajstić information content (AvgIpc) is 2.79. The predicted molar refractivity (Wildman–Crippen MR) is 134 cm³/mol. The quantitative estimate of drug-likeness (QED) is 0.503. The summed E-state index contributed by atoms with van der Waals surface area (Å²) in [6.07, 6.45) is 6.49. The molecule has 196 valence electrons. The third-order valence-electron chi connectivity index (χ3n) is 7.97. The number of amides is 1. The van der Waals surface area contributed by atoms with Gasteiger partial charge in [-0.15, -0.1) is 34.8 Å². The molecule has 1 amide bonds. The molecule has 0 radical (unpaired) electrons. The number of nitrogens with one attached hydrogen (secondary N) is 1. The van der Waals surface area contributed by atoms with E-state index in [0.29, 0.717) is 45.1 Å². The molecule has 6 atom stereocenters. The van der Waals surface area contributed by atoms with Gasteiger partial charge in [0.1, 0.15) is 0 Å². The number of hydrogen-bond donors (Lipinski definition) is 1. The second kappa shape index (κ2) is 11.7. The summed E-state index contributed by atoms with van der Waals surface area (Å²) in [7, 11) is -1.94. The molecule has 0 bridgehead atoms. The number of hydrogen-bond acceptors (Lipinski definition) is 5. The molecule has 1 saturated heterocycles. The zero-order valence-corrected chi connectivity index (χ0v) is 22.8. The molecule has 34 heavy (non-hydrogen) atoms. The largest absolute Gasteiger partial charge is 0.382 e. The zero-order valence-electron chi connectivity index (χ0n) is 19.7. The molecule has 1 N–H and O–H groups in total. The highest BCUT2D eigenvalue weighted by Gasteiger charge is 2.48. The SMILES string of the molecule is COCC1CN(S(=O)(=O)C2CCC(Cl)CC2)C2CC(NC(=O)C3C(Cl)CCCC3Cl)CCC2O1. The first-order valence-electron chi connectivity index (χ1n) is 12.6. The van der Waals surface area contributed by atoms with Crippen LogP contribution in [0.1, 0.15) is 64.2 Å². The third-order valence-corrected chi connectivity index (χ3v) is 11.8. The Hall–Kier alpha value is 0.170. The summed E-state index contributed by atoms with van der Waals surface area (Å²) in [5.74, 6) is -0.541. The van der Waals surface area contributed by atoms with E-state index in [4.69, 9.17) is 44.3 Å². The summed E-state index contributed by atoms with van der Waals surface area (Å²) >= 11 is 19.1. The lowest BCUT2D eigenvalue weighted by atomic mass is 9.84. The number of sulfonamides is 1. The van der Waals surface area contributed by atoms with E-state index in [1.807, 2.05) is 0 Å². The summed E-state index contributed by atoms with van der Waals surface area (Å²) in [5, 5.41) is 2.24. The van der Waals surface area contributed by atoms with Gasteiger partial charge in [-0.25, -0.2) is 8.42 Å². The van der Waals surface area contributed by atoms with Crippen molar-refractivity contribution < 1.29 is 22.7 Å². The Labute approximate surface area is 218 Å². The molecule has 4 rings (SSSR count). The van der Waals surface area contributed by atoms with Gasteiger partial charge >= 0.3 is 0 Å². The summed E-state index contributed by atoms with van der Waals surface area (Å²) in [5.41, 5.74) is 0. The number of nitrogens with zero attached hydrogens (tertiary/aromatic N) is 1. The smallest absolute Gasteiger partial charge is 0.226 e. The fourth-order valence-corrected chi connectivity index (χ4v) is 9.58. The van der Waals surface area contributed by atoms with Gasteiger partial charge in [-0.05, 0) is 57.8 Å². The number of fused-ring (bicyclic) bond motifs is 1. The molecule has 1 heterocycles. The van der Waals surface area contributed by atoms with E-state index in [1.54, 1.807) is 11.4 Å². The van der Waals surface area contributed by atoms with Crippen molar-refractivity contribution in [2.24, 2.45) is 5.92 Å². The minimum atomic E-state index is -3.54. The van der Waals surface area contributed by atoms with E-state index in [2.05, 4.69) is 5.32 Å². The van der Waals surface area contributed by atoms with Crippen molar-refractivity contribution >= 4 is 50.7 Å². The van der Waals surface area contributed by atoms with Gasteiger partial charge in [0.2, 0.25) is 15.9 Å². The van der Waals surface area contributed by atoms with Crippen LogP contribution >= 0.6 is 34.8 Å². The van der Waals surface area contributed by atoms with Gasteiger partial charge in [0.05, 0.1) is 36.0 Å². The standard InChI is InChI=1S/C23H37Cl3N2O5S/c1-32-13-16-12-28(34(30,31)17-8-5-14(24)6-9-17)20-11-15(7-10-21(20)33-16)27-23(29)22-18(25)3-2-4-19(22)26/h14-22H,2-13H2,1H3,(H,27,29). The van der Waals surface area contributed by atoms with Crippen LogP contribution in [0.2, 0.25) is 0 Å². The predicted octanol–water partition coefficient (Wildman–Crippen LogP) is 3.63. The van der Waals surface area contributed by atoms with Crippen molar-refractivity contribution in [2.45, 2.75) is 110 Å². The maximum absolute atomic E-state index is 13.8. The van der Waals surface area contributed by atoms with Crippen molar-refractivity contribution in [2.75, 3.05) is 20.3 Å². The van der Waals surface area contributed by atoms with Crippen LogP contribution < -0.4 is 5.32 Å². The van der Waals surface area contributed by atoms with E-state index in [1.165, 1.54) is 0 Å². The Morgan fingerprint density at radius 3 is 2.35 bits per heavy atom. The summed E-state index contributed by atoms with van der Waals surface area (Å²) < 4.78 is 40.8. The van der Waals surface area contributed by atoms with Gasteiger partial charge in [-0.1, -0.05) is 6.42 Å². The number of carbonyl (C=O) groups excluding carboxylic acids is 1. The second-order valence-corrected chi connectivity index (χ2v) is 14.2. The lowest BCUT2D eigenvalue weighted by Gasteiger charge is -2.49. The van der Waals surface area contributed by atoms with Crippen LogP contribution in [0.4, 0.5) is 0 Å². The molecule has 1 aliphatic heterocycles. The monoisotopic (exact) mass is 558 g/mol. The molecule has 11 heteroatoms. The van der Waals surface area contributed by atoms with E-state index < -0.39 is 21.2 Å². The highest BCUT2D eigenvalue weighted by atomic mass is 35.5. The normalized spacial score (nSPS) is 42.1. The number of ether oxygens (including phenoxy) is 2. The topological polar surface area (TPSA) is 84.9 Å². The Bertz CT molecular complexity index is 800. The number of carbonyl (C=O) groups is 1. The summed E-state index contributed by atoms with van der Waals surface area (Å²) in [6, 6.07) is -0.446. The van der Waals surface area contributed by atoms with Crippen molar-refractivity contribution in [1.29, 1.82) is 0 Å². The summed E-state index contributed by atoms with van der Waals surface area (Å²) in [4.78, 5) is 13.1. The number of halogens is 3. The van der Waals surface area contributed by atoms with Crippen molar-refractivity contribution in [3.05, 3.63) is 0 Å². The van der Waals surface area contributed by atoms with Gasteiger partial charge in [0.15, 0.2) is 0 Å². The molecule has 4 fully saturated rings. The van der Waals surface area contributed by atoms with E-state index >= 15 is 0 Å². The van der Waals surface area contributed by atoms with Gasteiger partial charge < -0.3 is 14.8 Å². The number of methoxy groups -OCH3 is 1. The fraction of sp³-hybridized carbons (Fsp3) is 0.957. The maximum atomic E-state index is 13.8. The minimum absolute atomic E-state index is 0.0516. The molecular formula is C23H37Cl3N2O5S. The fourth-order valence-electron chi connectivity index (χ4n) is 6.14. The van der Waals surface area contributed by atoms with Crippen molar-refractivity contribution in [3.8, 4) is 0 Å². The lowest BCUT2D eigenvalue weighted by molar-refractivity contribution is -0.136. The first-order valence-corrected chi connectivity index (χ1v) is 15.4. The molecule has 0 aromatic carbocycles. The first kappa shape index (κ1) is 27.2. The van der Waals surface area contributed by atoms with Crippen LogP contribution in [-0.4, -0.2) is 84.6 Å². The van der Waals surface area contributed by atoms with Crippen molar-refractivity contribution in [1.82, 2.24) is 9.62 Å². The second-order valence-electron chi connectivity index (χ2n) is 10.3. The van der Waals surface area contributed by atoms with E-state index in [-0.39, 0.29) is 52.9 Å². The lowest BCUT2D eigenvalue weighted by Crippen LogP contribution is -2.63. The van der Waals surface area contributed by atoms with Crippen LogP contribution in [0.5, 0.6) is 0 Å². The summed E-state index contributed by atoms with van der Waals surface area (Å²) in [6.45, 7) is 0.620. The molecule has 7 nitrogen and oxygen atoms in total. The van der Waals surface area contributed by atoms with Gasteiger partial charge in [-0.3, -0.25) is 4.79 Å². The minimum Gasteiger partial charge on any atom is -0.382 e. The molecule has 0 aromatic heterocycles. The Morgan fingerprint density at radius 1 is 1.03 bits per heavy atom. The Morgan fingerprint density at radius 2 is 1.71 bits per heavy atom. The molecule has 4 aliphatic rings. The van der Waals surface area contributed by atoms with Gasteiger partial charge in [0, 0.05) is 35.8 Å². The van der Waals surface area contributed by atoms with Crippen LogP contribution in [0.3, 0.4) is 0 Å². The van der Waals surface area contributed by atoms with Crippen LogP contribution in [0, 0.1) is 5.92 Å². The molecule has 0 spiro atoms. The van der Waals surface area contributed by atoms with Crippen LogP contribution in [-0.2, 0) is 24.3 Å². The third kappa shape index (κ3) is 6.00. The molecule has 3 saturated carbocycles. The highest BCUT2D eigenvalue weighted by Crippen LogP contribution is 2.38. The Balaban J connectivity index is 1.48. The zero-order chi connectivity index (χ0) is 24.5. The molecule has 3 aliphatic carbocycles. The van der Waals surface area contributed by atoms with Gasteiger partial charge in [-0.2, -0.15) is 4.31 Å². The number of rotatable bonds is 6. The van der Waals surface area contributed by atoms with Crippen LogP contribution in [0.15, 0.2) is 0 Å². The number of morpholine rings is 1. The highest BCUT2D eigenvalue weighted by molar-refractivity contribution is 7.89. The first-order chi connectivity index (χ1) is 16.2. The van der Waals surface area contributed by atoms with E-state index in [0.717, 1.165) is 25.7 Å². The maximum Gasteiger partial charge on any atom is 0.226 e. The number of alkyl halides is 3. The molecular weight excluding hydrogens is 523 g/mol. The Kier molecular flexibility index (Phi) is 9.36. The van der Waals surface area contributed by atoms with Crippen LogP contribution in [0.25, 0.3) is 0 Å². The average molecular weight is 560 g/mol. The molecule has 6 unspecified atom stereocenters. The molecule has 0 aromatic rings. The van der Waals surface area contributed by atoms with E-state index in [9.17, 15) is 13.2 Å².